The van der Waals surface area contributed by atoms with Crippen molar-refractivity contribution in [2.24, 2.45) is 0 Å². The van der Waals surface area contributed by atoms with E-state index in [2.05, 4.69) is 0 Å². The Morgan fingerprint density at radius 2 is 2.00 bits per heavy atom. The average molecular weight is 141 g/mol. The molecule has 0 atom stereocenters. The molecular weight excluding hydrogens is 127 g/mol. The van der Waals surface area contributed by atoms with Crippen LogP contribution >= 0.6 is 0 Å². The Bertz CT molecular complexity index is 83.7. The number of ether oxygens (including phenoxy) is 1. The Kier molecular flexibility index (Phi) is 10.8. The zero-order chi connectivity index (χ0) is 7.11. The van der Waals surface area contributed by atoms with Crippen LogP contribution in [-0.2, 0) is 9.53 Å². The summed E-state index contributed by atoms with van der Waals surface area (Å²) in [4.78, 5) is 10.4. The summed E-state index contributed by atoms with van der Waals surface area (Å²) in [6, 6.07) is 0. The van der Waals surface area contributed by atoms with Crippen LogP contribution in [0.1, 0.15) is 26.2 Å². The van der Waals surface area contributed by atoms with Crippen LogP contribution in [0.3, 0.4) is 0 Å². The molecule has 0 N–H and O–H groups in total. The second kappa shape index (κ2) is 8.69. The number of hydrogen-bond acceptors (Lipinski definition) is 2. The minimum atomic E-state index is 0. The molecular formula is C7H14BO2. The van der Waals surface area contributed by atoms with Crippen molar-refractivity contribution in [3.05, 3.63) is 0 Å². The number of carbonyl (C=O) groups is 1. The molecule has 0 fully saturated rings. The SMILES string of the molecule is COCCCCC(C)=O.[B]. The quantitative estimate of drug-likeness (QED) is 0.421. The van der Waals surface area contributed by atoms with Crippen LogP contribution in [0, 0.1) is 0 Å². The second-order valence-corrected chi connectivity index (χ2v) is 2.15. The molecule has 0 aliphatic carbocycles. The maximum absolute atomic E-state index is 10.4. The van der Waals surface area contributed by atoms with Crippen molar-refractivity contribution >= 4 is 14.2 Å². The van der Waals surface area contributed by atoms with Crippen molar-refractivity contribution in [2.75, 3.05) is 13.7 Å². The Balaban J connectivity index is 0. The maximum atomic E-state index is 10.4. The van der Waals surface area contributed by atoms with Gasteiger partial charge in [0.25, 0.3) is 0 Å². The third-order valence-corrected chi connectivity index (χ3v) is 1.13. The van der Waals surface area contributed by atoms with E-state index in [1.165, 1.54) is 0 Å². The third kappa shape index (κ3) is 10.6. The lowest BCUT2D eigenvalue weighted by Crippen LogP contribution is -1.92. The minimum absolute atomic E-state index is 0. The number of carbonyl (C=O) groups excluding carboxylic acids is 1. The first-order chi connectivity index (χ1) is 4.27. The summed E-state index contributed by atoms with van der Waals surface area (Å²) in [5, 5.41) is 0. The molecule has 3 heteroatoms. The zero-order valence-corrected chi connectivity index (χ0v) is 6.72. The smallest absolute Gasteiger partial charge is 0.129 e. The predicted octanol–water partition coefficient (Wildman–Crippen LogP) is 1.01. The monoisotopic (exact) mass is 141 g/mol. The lowest BCUT2D eigenvalue weighted by molar-refractivity contribution is -0.117. The van der Waals surface area contributed by atoms with Crippen molar-refractivity contribution in [2.45, 2.75) is 26.2 Å². The molecule has 3 radical (unpaired) electrons. The van der Waals surface area contributed by atoms with Gasteiger partial charge >= 0.3 is 0 Å². The second-order valence-electron chi connectivity index (χ2n) is 2.15. The minimum Gasteiger partial charge on any atom is -0.385 e. The Morgan fingerprint density at radius 3 is 2.40 bits per heavy atom. The molecule has 0 aromatic heterocycles. The first kappa shape index (κ1) is 12.4. The van der Waals surface area contributed by atoms with Crippen molar-refractivity contribution in [1.82, 2.24) is 0 Å². The predicted molar refractivity (Wildman–Crippen MR) is 42.2 cm³/mol. The fourth-order valence-corrected chi connectivity index (χ4v) is 0.620. The third-order valence-electron chi connectivity index (χ3n) is 1.13. The number of hydrogen-bond donors (Lipinski definition) is 0. The van der Waals surface area contributed by atoms with E-state index >= 15 is 0 Å². The van der Waals surface area contributed by atoms with Gasteiger partial charge in [0, 0.05) is 28.6 Å². The summed E-state index contributed by atoms with van der Waals surface area (Å²) in [5.41, 5.74) is 0. The molecule has 0 aliphatic rings. The Hall–Kier alpha value is -0.305. The highest BCUT2D eigenvalue weighted by Crippen LogP contribution is 1.95. The molecule has 0 saturated carbocycles. The van der Waals surface area contributed by atoms with Crippen LogP contribution in [0.2, 0.25) is 0 Å². The van der Waals surface area contributed by atoms with Gasteiger partial charge in [0.15, 0.2) is 0 Å². The molecule has 0 rings (SSSR count). The van der Waals surface area contributed by atoms with Crippen LogP contribution in [0.5, 0.6) is 0 Å². The summed E-state index contributed by atoms with van der Waals surface area (Å²) < 4.78 is 4.81. The summed E-state index contributed by atoms with van der Waals surface area (Å²) in [7, 11) is 1.67. The highest BCUT2D eigenvalue weighted by Gasteiger charge is 1.91. The van der Waals surface area contributed by atoms with Gasteiger partial charge in [-0.3, -0.25) is 0 Å². The summed E-state index contributed by atoms with van der Waals surface area (Å²) in [6.45, 7) is 2.39. The van der Waals surface area contributed by atoms with Crippen LogP contribution in [0.4, 0.5) is 0 Å². The fourth-order valence-electron chi connectivity index (χ4n) is 0.620. The normalized spacial score (nSPS) is 8.60. The van der Waals surface area contributed by atoms with Crippen molar-refractivity contribution < 1.29 is 9.53 Å². The summed E-state index contributed by atoms with van der Waals surface area (Å²) >= 11 is 0. The summed E-state index contributed by atoms with van der Waals surface area (Å²) in [5.74, 6) is 0.270. The Labute approximate surface area is 64.5 Å². The first-order valence-corrected chi connectivity index (χ1v) is 3.25. The molecule has 0 saturated heterocycles. The standard InChI is InChI=1S/C7H14O2.B/c1-7(8)5-3-4-6-9-2;/h3-6H2,1-2H3;. The van der Waals surface area contributed by atoms with E-state index < -0.39 is 0 Å². The van der Waals surface area contributed by atoms with Gasteiger partial charge in [0.05, 0.1) is 0 Å². The van der Waals surface area contributed by atoms with E-state index in [1.54, 1.807) is 14.0 Å². The van der Waals surface area contributed by atoms with Gasteiger partial charge < -0.3 is 9.53 Å². The molecule has 0 bridgehead atoms. The van der Waals surface area contributed by atoms with Crippen LogP contribution in [0.25, 0.3) is 0 Å². The Morgan fingerprint density at radius 1 is 1.40 bits per heavy atom. The number of rotatable bonds is 5. The molecule has 57 valence electrons. The van der Waals surface area contributed by atoms with Gasteiger partial charge in [-0.15, -0.1) is 0 Å². The molecule has 0 aromatic rings. The molecule has 0 amide bonds. The molecule has 2 nitrogen and oxygen atoms in total. The number of ketones is 1. The van der Waals surface area contributed by atoms with Crippen LogP contribution in [-0.4, -0.2) is 27.9 Å². The van der Waals surface area contributed by atoms with E-state index in [0.717, 1.165) is 19.4 Å². The number of methoxy groups -OCH3 is 1. The number of unbranched alkanes of at least 4 members (excludes halogenated alkanes) is 1. The van der Waals surface area contributed by atoms with Gasteiger partial charge in [-0.2, -0.15) is 0 Å². The average Bonchev–Trinajstić information content (AvgIpc) is 1.80. The molecule has 10 heavy (non-hydrogen) atoms. The molecule has 0 unspecified atom stereocenters. The van der Waals surface area contributed by atoms with Gasteiger partial charge in [0.2, 0.25) is 0 Å². The van der Waals surface area contributed by atoms with Gasteiger partial charge in [-0.25, -0.2) is 0 Å². The van der Waals surface area contributed by atoms with Gasteiger partial charge in [-0.1, -0.05) is 0 Å². The largest absolute Gasteiger partial charge is 0.385 e. The van der Waals surface area contributed by atoms with E-state index in [1.807, 2.05) is 0 Å². The molecule has 0 aliphatic heterocycles. The van der Waals surface area contributed by atoms with Crippen molar-refractivity contribution in [3.63, 3.8) is 0 Å². The fraction of sp³-hybridized carbons (Fsp3) is 0.857. The zero-order valence-electron chi connectivity index (χ0n) is 6.72. The maximum Gasteiger partial charge on any atom is 0.129 e. The summed E-state index contributed by atoms with van der Waals surface area (Å²) in [6.07, 6.45) is 2.66. The molecule has 0 heterocycles. The molecule has 0 spiro atoms. The molecule has 0 aromatic carbocycles. The van der Waals surface area contributed by atoms with E-state index in [4.69, 9.17) is 4.74 Å². The van der Waals surface area contributed by atoms with E-state index in [0.29, 0.717) is 6.42 Å². The highest BCUT2D eigenvalue weighted by atomic mass is 16.5. The number of Topliss-reactive ketones (excluding diaryl/α,β-unsaturated/α-hetero) is 1. The highest BCUT2D eigenvalue weighted by molar-refractivity contribution is 5.75. The topological polar surface area (TPSA) is 26.3 Å². The van der Waals surface area contributed by atoms with Crippen molar-refractivity contribution in [3.8, 4) is 0 Å². The lowest BCUT2D eigenvalue weighted by Gasteiger charge is -1.95. The lowest BCUT2D eigenvalue weighted by atomic mass is 10.2. The van der Waals surface area contributed by atoms with Crippen molar-refractivity contribution in [1.29, 1.82) is 0 Å². The van der Waals surface area contributed by atoms with Gasteiger partial charge in [0.1, 0.15) is 5.78 Å². The van der Waals surface area contributed by atoms with E-state index in [9.17, 15) is 4.79 Å². The van der Waals surface area contributed by atoms with Crippen LogP contribution < -0.4 is 0 Å². The first-order valence-electron chi connectivity index (χ1n) is 3.25. The van der Waals surface area contributed by atoms with Gasteiger partial charge in [-0.05, 0) is 19.8 Å². The van der Waals surface area contributed by atoms with Crippen LogP contribution in [0.15, 0.2) is 0 Å². The van der Waals surface area contributed by atoms with E-state index in [-0.39, 0.29) is 14.2 Å².